The second-order valence-electron chi connectivity index (χ2n) is 4.60. The minimum Gasteiger partial charge on any atom is -0.138 e. The molecule has 0 fully saturated rings. The van der Waals surface area contributed by atoms with Crippen LogP contribution >= 0.6 is 11.3 Å². The fourth-order valence-electron chi connectivity index (χ4n) is 2.00. The second kappa shape index (κ2) is 7.14. The van der Waals surface area contributed by atoms with Crippen molar-refractivity contribution in [2.75, 3.05) is 0 Å². The van der Waals surface area contributed by atoms with Gasteiger partial charge in [0.05, 0.1) is 0 Å². The predicted octanol–water partition coefficient (Wildman–Crippen LogP) is 5.52. The summed E-state index contributed by atoms with van der Waals surface area (Å²) >= 11 is 1.64. The van der Waals surface area contributed by atoms with E-state index >= 15 is 0 Å². The monoisotopic (exact) mass is 296 g/mol. The molecular weight excluding hydrogens is 276 g/mol. The molecule has 0 saturated heterocycles. The van der Waals surface area contributed by atoms with Crippen LogP contribution in [-0.4, -0.2) is 10.2 Å². The summed E-state index contributed by atoms with van der Waals surface area (Å²) in [4.78, 5) is 0. The van der Waals surface area contributed by atoms with Gasteiger partial charge >= 0.3 is 0 Å². The van der Waals surface area contributed by atoms with Crippen molar-refractivity contribution in [1.82, 2.24) is 10.2 Å². The van der Waals surface area contributed by atoms with Crippen LogP contribution in [0.2, 0.25) is 0 Å². The summed E-state index contributed by atoms with van der Waals surface area (Å²) in [7, 11) is 0. The summed E-state index contributed by atoms with van der Waals surface area (Å²) < 4.78 is 0. The van der Waals surface area contributed by atoms with Gasteiger partial charge in [0, 0.05) is 11.1 Å². The van der Waals surface area contributed by atoms with Crippen molar-refractivity contribution in [1.29, 1.82) is 0 Å². The molecule has 21 heavy (non-hydrogen) atoms. The Morgan fingerprint density at radius 3 is 2.19 bits per heavy atom. The highest BCUT2D eigenvalue weighted by Gasteiger charge is 2.10. The number of rotatable bonds is 2. The van der Waals surface area contributed by atoms with Gasteiger partial charge in [-0.05, 0) is 25.5 Å². The first-order valence-corrected chi connectivity index (χ1v) is 8.02. The Balaban J connectivity index is 0.000000774. The molecule has 3 heteroatoms. The average Bonchev–Trinajstić information content (AvgIpc) is 3.02. The van der Waals surface area contributed by atoms with E-state index in [4.69, 9.17) is 0 Å². The van der Waals surface area contributed by atoms with Gasteiger partial charge < -0.3 is 0 Å². The van der Waals surface area contributed by atoms with Gasteiger partial charge in [0.1, 0.15) is 10.0 Å². The number of benzene rings is 2. The molecule has 0 N–H and O–H groups in total. The number of aromatic nitrogens is 2. The van der Waals surface area contributed by atoms with Gasteiger partial charge in [0.15, 0.2) is 0 Å². The summed E-state index contributed by atoms with van der Waals surface area (Å²) in [5.74, 6) is 0. The fourth-order valence-corrected chi connectivity index (χ4v) is 2.93. The van der Waals surface area contributed by atoms with E-state index in [-0.39, 0.29) is 0 Å². The first-order valence-electron chi connectivity index (χ1n) is 7.20. The summed E-state index contributed by atoms with van der Waals surface area (Å²) in [5.41, 5.74) is 4.79. The lowest BCUT2D eigenvalue weighted by atomic mass is 10.1. The van der Waals surface area contributed by atoms with E-state index in [2.05, 4.69) is 54.4 Å². The lowest BCUT2D eigenvalue weighted by molar-refractivity contribution is 1.10. The topological polar surface area (TPSA) is 25.8 Å². The Labute approximate surface area is 130 Å². The molecule has 0 radical (unpaired) electrons. The van der Waals surface area contributed by atoms with Crippen molar-refractivity contribution >= 4 is 11.3 Å². The van der Waals surface area contributed by atoms with Crippen LogP contribution in [0, 0.1) is 13.8 Å². The highest BCUT2D eigenvalue weighted by Crippen LogP contribution is 2.31. The van der Waals surface area contributed by atoms with Crippen LogP contribution in [0.5, 0.6) is 0 Å². The van der Waals surface area contributed by atoms with Crippen molar-refractivity contribution < 1.29 is 0 Å². The van der Waals surface area contributed by atoms with Crippen molar-refractivity contribution in [3.8, 4) is 21.1 Å². The fraction of sp³-hybridized carbons (Fsp3) is 0.222. The maximum Gasteiger partial charge on any atom is 0.148 e. The smallest absolute Gasteiger partial charge is 0.138 e. The molecule has 0 unspecified atom stereocenters. The van der Waals surface area contributed by atoms with Crippen molar-refractivity contribution in [2.45, 2.75) is 27.7 Å². The number of aryl methyl sites for hydroxylation is 2. The van der Waals surface area contributed by atoms with Gasteiger partial charge in [-0.3, -0.25) is 0 Å². The molecule has 1 aromatic heterocycles. The lowest BCUT2D eigenvalue weighted by Crippen LogP contribution is -1.84. The summed E-state index contributed by atoms with van der Waals surface area (Å²) in [6, 6.07) is 16.6. The van der Waals surface area contributed by atoms with Gasteiger partial charge in [-0.1, -0.05) is 73.2 Å². The van der Waals surface area contributed by atoms with Gasteiger partial charge in [-0.25, -0.2) is 0 Å². The Morgan fingerprint density at radius 2 is 1.48 bits per heavy atom. The van der Waals surface area contributed by atoms with Crippen LogP contribution in [0.15, 0.2) is 48.5 Å². The lowest BCUT2D eigenvalue weighted by Gasteiger charge is -2.02. The molecule has 0 atom stereocenters. The van der Waals surface area contributed by atoms with Gasteiger partial charge in [-0.2, -0.15) is 0 Å². The van der Waals surface area contributed by atoms with E-state index in [9.17, 15) is 0 Å². The summed E-state index contributed by atoms with van der Waals surface area (Å²) in [5, 5.41) is 10.6. The molecule has 0 aliphatic carbocycles. The Kier molecular flexibility index (Phi) is 5.23. The molecule has 108 valence electrons. The zero-order chi connectivity index (χ0) is 15.2. The van der Waals surface area contributed by atoms with Crippen LogP contribution in [0.3, 0.4) is 0 Å². The first-order chi connectivity index (χ1) is 10.2. The molecule has 1 heterocycles. The van der Waals surface area contributed by atoms with E-state index < -0.39 is 0 Å². The highest BCUT2D eigenvalue weighted by atomic mass is 32.1. The maximum atomic E-state index is 4.33. The van der Waals surface area contributed by atoms with E-state index in [1.165, 1.54) is 16.7 Å². The number of hydrogen-bond acceptors (Lipinski definition) is 3. The average molecular weight is 296 g/mol. The molecule has 2 aromatic carbocycles. The predicted molar refractivity (Wildman–Crippen MR) is 91.6 cm³/mol. The molecule has 0 aliphatic heterocycles. The largest absolute Gasteiger partial charge is 0.148 e. The van der Waals surface area contributed by atoms with Crippen molar-refractivity contribution in [3.05, 3.63) is 59.7 Å². The van der Waals surface area contributed by atoms with Crippen LogP contribution in [0.1, 0.15) is 25.0 Å². The normalized spacial score (nSPS) is 9.90. The molecule has 0 bridgehead atoms. The Morgan fingerprint density at radius 1 is 0.810 bits per heavy atom. The molecule has 2 nitrogen and oxygen atoms in total. The molecule has 3 aromatic rings. The Hall–Kier alpha value is -2.00. The van der Waals surface area contributed by atoms with E-state index in [1.54, 1.807) is 11.3 Å². The summed E-state index contributed by atoms with van der Waals surface area (Å²) in [6.07, 6.45) is 0. The van der Waals surface area contributed by atoms with Crippen LogP contribution < -0.4 is 0 Å². The van der Waals surface area contributed by atoms with E-state index in [1.807, 2.05) is 32.0 Å². The third-order valence-corrected chi connectivity index (χ3v) is 4.07. The van der Waals surface area contributed by atoms with Gasteiger partial charge in [0.25, 0.3) is 0 Å². The molecule has 0 saturated carbocycles. The standard InChI is InChI=1S/C16H14N2S.C2H6/c1-11-8-9-12(2)14(10-11)16-18-17-15(19-16)13-6-4-3-5-7-13;1-2/h3-10H,1-2H3;1-2H3. The minimum absolute atomic E-state index is 0.969. The van der Waals surface area contributed by atoms with Gasteiger partial charge in [-0.15, -0.1) is 10.2 Å². The molecule has 0 aliphatic rings. The third-order valence-electron chi connectivity index (χ3n) is 3.07. The maximum absolute atomic E-state index is 4.33. The Bertz CT molecular complexity index is 702. The number of hydrogen-bond donors (Lipinski definition) is 0. The zero-order valence-corrected chi connectivity index (χ0v) is 13.7. The molecular formula is C18H20N2S. The third kappa shape index (κ3) is 3.56. The van der Waals surface area contributed by atoms with E-state index in [0.29, 0.717) is 0 Å². The summed E-state index contributed by atoms with van der Waals surface area (Å²) in [6.45, 7) is 8.21. The van der Waals surface area contributed by atoms with Crippen molar-refractivity contribution in [2.24, 2.45) is 0 Å². The van der Waals surface area contributed by atoms with E-state index in [0.717, 1.165) is 15.6 Å². The van der Waals surface area contributed by atoms with Crippen molar-refractivity contribution in [3.63, 3.8) is 0 Å². The zero-order valence-electron chi connectivity index (χ0n) is 12.9. The molecule has 0 spiro atoms. The number of nitrogens with zero attached hydrogens (tertiary/aromatic N) is 2. The first kappa shape index (κ1) is 15.4. The molecule has 3 rings (SSSR count). The van der Waals surface area contributed by atoms with Crippen LogP contribution in [0.25, 0.3) is 21.1 Å². The SMILES string of the molecule is CC.Cc1ccc(C)c(-c2nnc(-c3ccccc3)s2)c1. The minimum atomic E-state index is 0.969. The van der Waals surface area contributed by atoms with Crippen LogP contribution in [-0.2, 0) is 0 Å². The highest BCUT2D eigenvalue weighted by molar-refractivity contribution is 7.17. The second-order valence-corrected chi connectivity index (χ2v) is 5.57. The van der Waals surface area contributed by atoms with Gasteiger partial charge in [0.2, 0.25) is 0 Å². The quantitative estimate of drug-likeness (QED) is 0.622. The molecule has 0 amide bonds. The van der Waals surface area contributed by atoms with Crippen LogP contribution in [0.4, 0.5) is 0 Å².